The van der Waals surface area contributed by atoms with Crippen LogP contribution in [0.3, 0.4) is 0 Å². The quantitative estimate of drug-likeness (QED) is 0.888. The third-order valence-electron chi connectivity index (χ3n) is 4.67. The van der Waals surface area contributed by atoms with Crippen LogP contribution in [-0.2, 0) is 5.41 Å². The Labute approximate surface area is 141 Å². The van der Waals surface area contributed by atoms with Crippen molar-refractivity contribution in [1.29, 1.82) is 0 Å². The zero-order valence-corrected chi connectivity index (χ0v) is 14.0. The molecule has 4 N–H and O–H groups in total. The van der Waals surface area contributed by atoms with Crippen molar-refractivity contribution in [2.24, 2.45) is 0 Å². The second kappa shape index (κ2) is 6.20. The molecular formula is C18H21ClN4. The van der Waals surface area contributed by atoms with Gasteiger partial charge in [0, 0.05) is 16.0 Å². The summed E-state index contributed by atoms with van der Waals surface area (Å²) < 4.78 is 0. The Morgan fingerprint density at radius 1 is 1.09 bits per heavy atom. The molecule has 120 valence electrons. The van der Waals surface area contributed by atoms with E-state index < -0.39 is 0 Å². The number of aryl methyl sites for hydroxylation is 1. The van der Waals surface area contributed by atoms with Crippen molar-refractivity contribution in [1.82, 2.24) is 9.97 Å². The predicted octanol–water partition coefficient (Wildman–Crippen LogP) is 4.13. The minimum Gasteiger partial charge on any atom is -0.383 e. The van der Waals surface area contributed by atoms with Crippen molar-refractivity contribution < 1.29 is 0 Å². The highest BCUT2D eigenvalue weighted by Gasteiger charge is 2.33. The first-order valence-corrected chi connectivity index (χ1v) is 8.23. The number of allylic oxidation sites excluding steroid dienone is 1. The van der Waals surface area contributed by atoms with Gasteiger partial charge in [0.05, 0.1) is 5.69 Å². The van der Waals surface area contributed by atoms with Gasteiger partial charge < -0.3 is 11.5 Å². The maximum Gasteiger partial charge on any atom is 0.222 e. The summed E-state index contributed by atoms with van der Waals surface area (Å²) in [6.45, 7) is 1.90. The van der Waals surface area contributed by atoms with E-state index in [9.17, 15) is 0 Å². The van der Waals surface area contributed by atoms with E-state index in [4.69, 9.17) is 23.1 Å². The lowest BCUT2D eigenvalue weighted by molar-refractivity contribution is 0.560. The summed E-state index contributed by atoms with van der Waals surface area (Å²) in [7, 11) is 0. The van der Waals surface area contributed by atoms with Crippen LogP contribution in [0.5, 0.6) is 0 Å². The number of hydrogen-bond donors (Lipinski definition) is 2. The average molecular weight is 329 g/mol. The first-order chi connectivity index (χ1) is 11.0. The molecule has 5 heteroatoms. The zero-order valence-electron chi connectivity index (χ0n) is 13.2. The molecule has 1 aromatic heterocycles. The van der Waals surface area contributed by atoms with E-state index in [-0.39, 0.29) is 11.4 Å². The molecule has 23 heavy (non-hydrogen) atoms. The van der Waals surface area contributed by atoms with Crippen LogP contribution in [0.1, 0.15) is 42.5 Å². The summed E-state index contributed by atoms with van der Waals surface area (Å²) >= 11 is 6.03. The number of hydrogen-bond acceptors (Lipinski definition) is 4. The van der Waals surface area contributed by atoms with E-state index in [1.54, 1.807) is 0 Å². The van der Waals surface area contributed by atoms with Gasteiger partial charge in [-0.3, -0.25) is 0 Å². The maximum absolute atomic E-state index is 6.03. The van der Waals surface area contributed by atoms with Gasteiger partial charge in [-0.2, -0.15) is 4.98 Å². The van der Waals surface area contributed by atoms with Gasteiger partial charge in [0.25, 0.3) is 0 Å². The number of nitrogens with two attached hydrogens (primary N) is 2. The Bertz CT molecular complexity index is 708. The number of nitrogens with zero attached hydrogens (tertiary/aromatic N) is 2. The Hall–Kier alpha value is -2.07. The molecule has 1 saturated carbocycles. The fraction of sp³-hybridized carbons (Fsp3) is 0.333. The maximum atomic E-state index is 6.03. The Morgan fingerprint density at radius 2 is 1.74 bits per heavy atom. The Balaban J connectivity index is 1.99. The van der Waals surface area contributed by atoms with Crippen molar-refractivity contribution in [2.45, 2.75) is 38.0 Å². The van der Waals surface area contributed by atoms with Crippen LogP contribution in [0.2, 0.25) is 5.02 Å². The molecule has 4 nitrogen and oxygen atoms in total. The van der Waals surface area contributed by atoms with Gasteiger partial charge in [-0.05, 0) is 37.5 Å². The molecule has 1 aromatic carbocycles. The van der Waals surface area contributed by atoms with Gasteiger partial charge in [0.2, 0.25) is 5.95 Å². The smallest absolute Gasteiger partial charge is 0.222 e. The number of benzene rings is 1. The SMILES string of the molecule is Cc1nc(N)nc(N)c1C=CC1(c2ccc(Cl)cc2)CCCC1. The number of anilines is 2. The Kier molecular flexibility index (Phi) is 4.26. The number of nitrogen functional groups attached to an aromatic ring is 2. The summed E-state index contributed by atoms with van der Waals surface area (Å²) in [5.41, 5.74) is 14.6. The lowest BCUT2D eigenvalue weighted by atomic mass is 9.78. The molecule has 3 rings (SSSR count). The van der Waals surface area contributed by atoms with Crippen LogP contribution in [0.25, 0.3) is 6.08 Å². The first-order valence-electron chi connectivity index (χ1n) is 7.85. The van der Waals surface area contributed by atoms with Gasteiger partial charge >= 0.3 is 0 Å². The van der Waals surface area contributed by atoms with Crippen LogP contribution in [-0.4, -0.2) is 9.97 Å². The molecular weight excluding hydrogens is 308 g/mol. The molecule has 0 spiro atoms. The fourth-order valence-electron chi connectivity index (χ4n) is 3.41. The van der Waals surface area contributed by atoms with E-state index >= 15 is 0 Å². The van der Waals surface area contributed by atoms with Crippen molar-refractivity contribution in [3.05, 3.63) is 52.2 Å². The van der Waals surface area contributed by atoms with Gasteiger partial charge in [-0.25, -0.2) is 4.98 Å². The van der Waals surface area contributed by atoms with Gasteiger partial charge in [-0.1, -0.05) is 48.7 Å². The lowest BCUT2D eigenvalue weighted by Gasteiger charge is -2.26. The van der Waals surface area contributed by atoms with E-state index in [0.29, 0.717) is 5.82 Å². The number of rotatable bonds is 3. The van der Waals surface area contributed by atoms with Gasteiger partial charge in [0.15, 0.2) is 0 Å². The van der Waals surface area contributed by atoms with Crippen molar-refractivity contribution >= 4 is 29.4 Å². The Morgan fingerprint density at radius 3 is 2.35 bits per heavy atom. The topological polar surface area (TPSA) is 77.8 Å². The molecule has 0 atom stereocenters. The van der Waals surface area contributed by atoms with E-state index in [1.165, 1.54) is 18.4 Å². The second-order valence-corrected chi connectivity index (χ2v) is 6.61. The highest BCUT2D eigenvalue weighted by atomic mass is 35.5. The summed E-state index contributed by atoms with van der Waals surface area (Å²) in [5.74, 6) is 0.640. The summed E-state index contributed by atoms with van der Waals surface area (Å²) in [6, 6.07) is 8.15. The standard InChI is InChI=1S/C18H21ClN4/c1-12-15(16(20)23-17(21)22-12)8-11-18(9-2-3-10-18)13-4-6-14(19)7-5-13/h4-8,11H,2-3,9-10H2,1H3,(H4,20,21,22,23). The fourth-order valence-corrected chi connectivity index (χ4v) is 3.54. The van der Waals surface area contributed by atoms with Crippen LogP contribution < -0.4 is 11.5 Å². The molecule has 0 unspecified atom stereocenters. The monoisotopic (exact) mass is 328 g/mol. The summed E-state index contributed by atoms with van der Waals surface area (Å²) in [6.07, 6.45) is 8.99. The van der Waals surface area contributed by atoms with Crippen LogP contribution >= 0.6 is 11.6 Å². The predicted molar refractivity (Wildman–Crippen MR) is 96.2 cm³/mol. The zero-order chi connectivity index (χ0) is 16.4. The third kappa shape index (κ3) is 3.17. The molecule has 0 amide bonds. The summed E-state index contributed by atoms with van der Waals surface area (Å²) in [5, 5.41) is 0.762. The minimum absolute atomic E-state index is 0.0326. The highest BCUT2D eigenvalue weighted by molar-refractivity contribution is 6.30. The highest BCUT2D eigenvalue weighted by Crippen LogP contribution is 2.43. The van der Waals surface area contributed by atoms with Crippen LogP contribution in [0.15, 0.2) is 30.3 Å². The molecule has 2 aromatic rings. The van der Waals surface area contributed by atoms with Crippen molar-refractivity contribution in [2.75, 3.05) is 11.5 Å². The van der Waals surface area contributed by atoms with Gasteiger partial charge in [-0.15, -0.1) is 0 Å². The van der Waals surface area contributed by atoms with Crippen molar-refractivity contribution in [3.63, 3.8) is 0 Å². The molecule has 0 saturated heterocycles. The van der Waals surface area contributed by atoms with E-state index in [1.807, 2.05) is 25.1 Å². The third-order valence-corrected chi connectivity index (χ3v) is 4.92. The normalized spacial score (nSPS) is 17.0. The summed E-state index contributed by atoms with van der Waals surface area (Å²) in [4.78, 5) is 8.27. The molecule has 0 aliphatic heterocycles. The molecule has 0 bridgehead atoms. The minimum atomic E-state index is 0.0326. The van der Waals surface area contributed by atoms with E-state index in [2.05, 4.69) is 28.2 Å². The molecule has 1 aliphatic carbocycles. The average Bonchev–Trinajstić information content (AvgIpc) is 2.97. The van der Waals surface area contributed by atoms with Crippen molar-refractivity contribution in [3.8, 4) is 0 Å². The first kappa shape index (κ1) is 15.8. The van der Waals surface area contributed by atoms with Crippen LogP contribution in [0, 0.1) is 6.92 Å². The largest absolute Gasteiger partial charge is 0.383 e. The molecule has 1 fully saturated rings. The molecule has 1 aliphatic rings. The lowest BCUT2D eigenvalue weighted by Crippen LogP contribution is -2.18. The number of halogens is 1. The number of aromatic nitrogens is 2. The molecule has 0 radical (unpaired) electrons. The second-order valence-electron chi connectivity index (χ2n) is 6.17. The van der Waals surface area contributed by atoms with Crippen LogP contribution in [0.4, 0.5) is 11.8 Å². The van der Waals surface area contributed by atoms with E-state index in [0.717, 1.165) is 29.1 Å². The molecule has 1 heterocycles. The van der Waals surface area contributed by atoms with Gasteiger partial charge in [0.1, 0.15) is 5.82 Å².